The van der Waals surface area contributed by atoms with Gasteiger partial charge in [0.05, 0.1) is 7.11 Å². The van der Waals surface area contributed by atoms with Gasteiger partial charge in [0.2, 0.25) is 5.91 Å². The third kappa shape index (κ3) is 4.30. The molecule has 138 valence electrons. The smallest absolute Gasteiger partial charge is 0.242 e. The van der Waals surface area contributed by atoms with Crippen LogP contribution in [-0.4, -0.2) is 23.0 Å². The molecular weight excluding hydrogens is 340 g/mol. The van der Waals surface area contributed by atoms with Crippen molar-refractivity contribution in [2.45, 2.75) is 18.5 Å². The van der Waals surface area contributed by atoms with Crippen LogP contribution in [0.25, 0.3) is 0 Å². The van der Waals surface area contributed by atoms with Crippen LogP contribution < -0.4 is 15.8 Å². The predicted octanol–water partition coefficient (Wildman–Crippen LogP) is 2.20. The number of pyridine rings is 2. The van der Waals surface area contributed by atoms with E-state index < -0.39 is 11.4 Å². The SMILES string of the molecule is COc1ccc(C(Cc2ccncc2)(NCc2ccncc2)C(N)=O)cc1. The summed E-state index contributed by atoms with van der Waals surface area (Å²) in [6.07, 6.45) is 7.26. The van der Waals surface area contributed by atoms with Crippen LogP contribution in [0.3, 0.4) is 0 Å². The van der Waals surface area contributed by atoms with Crippen LogP contribution in [0.15, 0.2) is 73.3 Å². The Morgan fingerprint density at radius 3 is 2.04 bits per heavy atom. The molecule has 1 unspecified atom stereocenters. The molecule has 1 aromatic carbocycles. The molecule has 1 atom stereocenters. The maximum atomic E-state index is 12.7. The lowest BCUT2D eigenvalue weighted by molar-refractivity contribution is -0.125. The fraction of sp³-hybridized carbons (Fsp3) is 0.190. The standard InChI is InChI=1S/C21H22N4O2/c1-27-19-4-2-18(3-5-19)21(20(22)26,14-16-6-10-23-11-7-16)25-15-17-8-12-24-13-9-17/h2-13,25H,14-15H2,1H3,(H2,22,26). The van der Waals surface area contributed by atoms with Crippen molar-refractivity contribution in [3.05, 3.63) is 90.0 Å². The first-order valence-electron chi connectivity index (χ1n) is 8.61. The van der Waals surface area contributed by atoms with Crippen molar-refractivity contribution < 1.29 is 9.53 Å². The lowest BCUT2D eigenvalue weighted by atomic mass is 9.83. The molecule has 0 bridgehead atoms. The summed E-state index contributed by atoms with van der Waals surface area (Å²) in [4.78, 5) is 20.8. The number of rotatable bonds is 8. The molecule has 0 radical (unpaired) electrons. The number of aromatic nitrogens is 2. The average molecular weight is 362 g/mol. The molecule has 3 N–H and O–H groups in total. The van der Waals surface area contributed by atoms with Gasteiger partial charge in [0, 0.05) is 37.8 Å². The van der Waals surface area contributed by atoms with E-state index in [0.717, 1.165) is 22.4 Å². The summed E-state index contributed by atoms with van der Waals surface area (Å²) in [6, 6.07) is 15.0. The summed E-state index contributed by atoms with van der Waals surface area (Å²) in [6.45, 7) is 0.475. The molecule has 0 aliphatic carbocycles. The van der Waals surface area contributed by atoms with Gasteiger partial charge in [0.15, 0.2) is 0 Å². The second-order valence-corrected chi connectivity index (χ2v) is 6.24. The third-order valence-corrected chi connectivity index (χ3v) is 4.57. The van der Waals surface area contributed by atoms with E-state index in [4.69, 9.17) is 10.5 Å². The Morgan fingerprint density at radius 2 is 1.52 bits per heavy atom. The number of carbonyl (C=O) groups excluding carboxylic acids is 1. The van der Waals surface area contributed by atoms with E-state index in [-0.39, 0.29) is 0 Å². The molecule has 0 aliphatic heterocycles. The second-order valence-electron chi connectivity index (χ2n) is 6.24. The van der Waals surface area contributed by atoms with E-state index in [1.807, 2.05) is 48.5 Å². The van der Waals surface area contributed by atoms with Crippen molar-refractivity contribution >= 4 is 5.91 Å². The number of methoxy groups -OCH3 is 1. The van der Waals surface area contributed by atoms with Crippen LogP contribution >= 0.6 is 0 Å². The minimum absolute atomic E-state index is 0.405. The van der Waals surface area contributed by atoms with E-state index in [0.29, 0.717) is 13.0 Å². The van der Waals surface area contributed by atoms with Crippen molar-refractivity contribution in [1.82, 2.24) is 15.3 Å². The molecule has 0 aliphatic rings. The van der Waals surface area contributed by atoms with Crippen LogP contribution in [0.4, 0.5) is 0 Å². The van der Waals surface area contributed by atoms with Gasteiger partial charge >= 0.3 is 0 Å². The number of nitrogens with one attached hydrogen (secondary N) is 1. The molecule has 3 aromatic rings. The Bertz CT molecular complexity index is 870. The zero-order valence-electron chi connectivity index (χ0n) is 15.1. The number of amides is 1. The van der Waals surface area contributed by atoms with Crippen LogP contribution in [0, 0.1) is 0 Å². The van der Waals surface area contributed by atoms with Crippen molar-refractivity contribution in [2.24, 2.45) is 5.73 Å². The first-order chi connectivity index (χ1) is 13.1. The Morgan fingerprint density at radius 1 is 0.963 bits per heavy atom. The molecule has 0 fully saturated rings. The van der Waals surface area contributed by atoms with Crippen LogP contribution in [0.2, 0.25) is 0 Å². The largest absolute Gasteiger partial charge is 0.497 e. The van der Waals surface area contributed by atoms with E-state index in [1.165, 1.54) is 0 Å². The van der Waals surface area contributed by atoms with E-state index in [1.54, 1.807) is 31.9 Å². The Balaban J connectivity index is 1.99. The van der Waals surface area contributed by atoms with E-state index in [2.05, 4.69) is 15.3 Å². The molecular formula is C21H22N4O2. The maximum absolute atomic E-state index is 12.7. The molecule has 0 saturated heterocycles. The number of carbonyl (C=O) groups is 1. The molecule has 2 aromatic heterocycles. The first kappa shape index (κ1) is 18.5. The zero-order valence-corrected chi connectivity index (χ0v) is 15.1. The van der Waals surface area contributed by atoms with Crippen LogP contribution in [0.1, 0.15) is 16.7 Å². The van der Waals surface area contributed by atoms with Gasteiger partial charge in [0.25, 0.3) is 0 Å². The minimum Gasteiger partial charge on any atom is -0.497 e. The quantitative estimate of drug-likeness (QED) is 0.641. The fourth-order valence-electron chi connectivity index (χ4n) is 3.02. The fourth-order valence-corrected chi connectivity index (χ4v) is 3.02. The minimum atomic E-state index is -1.07. The first-order valence-corrected chi connectivity index (χ1v) is 8.61. The van der Waals surface area contributed by atoms with Gasteiger partial charge in [-0.05, 0) is 53.1 Å². The normalized spacial score (nSPS) is 12.9. The summed E-state index contributed by atoms with van der Waals surface area (Å²) in [5, 5.41) is 3.39. The topological polar surface area (TPSA) is 90.1 Å². The van der Waals surface area contributed by atoms with Gasteiger partial charge in [0.1, 0.15) is 11.3 Å². The number of hydrogen-bond acceptors (Lipinski definition) is 5. The molecule has 6 nitrogen and oxygen atoms in total. The lowest BCUT2D eigenvalue weighted by Crippen LogP contribution is -2.54. The average Bonchev–Trinajstić information content (AvgIpc) is 2.72. The summed E-state index contributed by atoms with van der Waals surface area (Å²) in [7, 11) is 1.61. The molecule has 2 heterocycles. The van der Waals surface area contributed by atoms with Crippen molar-refractivity contribution in [3.63, 3.8) is 0 Å². The predicted molar refractivity (Wildman–Crippen MR) is 103 cm³/mol. The van der Waals surface area contributed by atoms with Gasteiger partial charge in [-0.3, -0.25) is 20.1 Å². The van der Waals surface area contributed by atoms with Gasteiger partial charge in [-0.25, -0.2) is 0 Å². The number of hydrogen-bond donors (Lipinski definition) is 2. The zero-order chi connectivity index (χ0) is 19.1. The highest BCUT2D eigenvalue weighted by Gasteiger charge is 2.38. The Labute approximate surface area is 158 Å². The van der Waals surface area contributed by atoms with Gasteiger partial charge < -0.3 is 10.5 Å². The highest BCUT2D eigenvalue weighted by molar-refractivity contribution is 5.86. The molecule has 0 saturated carbocycles. The summed E-state index contributed by atoms with van der Waals surface area (Å²) in [5.41, 5.74) is 7.61. The number of benzene rings is 1. The van der Waals surface area contributed by atoms with Crippen LogP contribution in [0.5, 0.6) is 5.75 Å². The van der Waals surface area contributed by atoms with Crippen molar-refractivity contribution in [3.8, 4) is 5.75 Å². The van der Waals surface area contributed by atoms with Crippen LogP contribution in [-0.2, 0) is 23.3 Å². The number of primary amides is 1. The van der Waals surface area contributed by atoms with Gasteiger partial charge in [-0.15, -0.1) is 0 Å². The highest BCUT2D eigenvalue weighted by atomic mass is 16.5. The summed E-state index contributed by atoms with van der Waals surface area (Å²) < 4.78 is 5.24. The number of nitrogens with zero attached hydrogens (tertiary/aromatic N) is 2. The number of nitrogens with two attached hydrogens (primary N) is 1. The Hall–Kier alpha value is -3.25. The number of ether oxygens (including phenoxy) is 1. The molecule has 27 heavy (non-hydrogen) atoms. The summed E-state index contributed by atoms with van der Waals surface area (Å²) in [5.74, 6) is 0.272. The van der Waals surface area contributed by atoms with Crippen molar-refractivity contribution in [2.75, 3.05) is 7.11 Å². The summed E-state index contributed by atoms with van der Waals surface area (Å²) >= 11 is 0. The van der Waals surface area contributed by atoms with Gasteiger partial charge in [-0.2, -0.15) is 0 Å². The van der Waals surface area contributed by atoms with Crippen molar-refractivity contribution in [1.29, 1.82) is 0 Å². The second kappa shape index (κ2) is 8.42. The Kier molecular flexibility index (Phi) is 5.78. The molecule has 6 heteroatoms. The lowest BCUT2D eigenvalue weighted by Gasteiger charge is -2.33. The third-order valence-electron chi connectivity index (χ3n) is 4.57. The molecule has 1 amide bonds. The van der Waals surface area contributed by atoms with E-state index >= 15 is 0 Å². The maximum Gasteiger partial charge on any atom is 0.242 e. The van der Waals surface area contributed by atoms with Gasteiger partial charge in [-0.1, -0.05) is 12.1 Å². The highest BCUT2D eigenvalue weighted by Crippen LogP contribution is 2.28. The molecule has 0 spiro atoms. The molecule has 3 rings (SSSR count). The van der Waals surface area contributed by atoms with E-state index in [9.17, 15) is 4.79 Å². The monoisotopic (exact) mass is 362 g/mol.